The maximum atomic E-state index is 11.5. The van der Waals surface area contributed by atoms with Crippen LogP contribution in [0.1, 0.15) is 17.7 Å². The van der Waals surface area contributed by atoms with E-state index in [1.807, 2.05) is 17.5 Å². The van der Waals surface area contributed by atoms with Crippen LogP contribution >= 0.6 is 11.3 Å². The predicted octanol–water partition coefficient (Wildman–Crippen LogP) is 1.35. The lowest BCUT2D eigenvalue weighted by atomic mass is 10.1. The Morgan fingerprint density at radius 1 is 1.67 bits per heavy atom. The fourth-order valence-corrected chi connectivity index (χ4v) is 1.86. The van der Waals surface area contributed by atoms with Crippen molar-refractivity contribution in [2.75, 3.05) is 0 Å². The SMILES string of the molecule is NC1(C(=O)Cc2cccs2)CC1. The monoisotopic (exact) mass is 181 g/mol. The Morgan fingerprint density at radius 3 is 2.92 bits per heavy atom. The molecule has 1 aromatic heterocycles. The highest BCUT2D eigenvalue weighted by atomic mass is 32.1. The van der Waals surface area contributed by atoms with Crippen molar-refractivity contribution in [2.45, 2.75) is 24.8 Å². The van der Waals surface area contributed by atoms with Gasteiger partial charge in [-0.25, -0.2) is 0 Å². The van der Waals surface area contributed by atoms with Crippen LogP contribution in [0.2, 0.25) is 0 Å². The maximum Gasteiger partial charge on any atom is 0.157 e. The van der Waals surface area contributed by atoms with Crippen molar-refractivity contribution in [3.63, 3.8) is 0 Å². The van der Waals surface area contributed by atoms with Crippen LogP contribution in [0.25, 0.3) is 0 Å². The van der Waals surface area contributed by atoms with Crippen molar-refractivity contribution >= 4 is 17.1 Å². The zero-order valence-electron chi connectivity index (χ0n) is 6.75. The summed E-state index contributed by atoms with van der Waals surface area (Å²) in [6, 6.07) is 3.94. The Hall–Kier alpha value is -0.670. The average molecular weight is 181 g/mol. The standard InChI is InChI=1S/C9H11NOS/c10-9(3-4-9)8(11)6-7-2-1-5-12-7/h1-2,5H,3-4,6,10H2. The molecule has 0 atom stereocenters. The lowest BCUT2D eigenvalue weighted by molar-refractivity contribution is -0.120. The van der Waals surface area contributed by atoms with Crippen molar-refractivity contribution in [1.29, 1.82) is 0 Å². The number of thiophene rings is 1. The number of nitrogens with two attached hydrogens (primary N) is 1. The molecule has 0 radical (unpaired) electrons. The molecule has 1 aliphatic carbocycles. The van der Waals surface area contributed by atoms with Gasteiger partial charge in [-0.15, -0.1) is 11.3 Å². The maximum absolute atomic E-state index is 11.5. The second-order valence-electron chi connectivity index (χ2n) is 3.34. The van der Waals surface area contributed by atoms with E-state index in [1.54, 1.807) is 11.3 Å². The van der Waals surface area contributed by atoms with Crippen molar-refractivity contribution in [3.8, 4) is 0 Å². The second kappa shape index (κ2) is 2.68. The summed E-state index contributed by atoms with van der Waals surface area (Å²) in [5, 5.41) is 1.98. The summed E-state index contributed by atoms with van der Waals surface area (Å²) in [6.45, 7) is 0. The van der Waals surface area contributed by atoms with E-state index in [4.69, 9.17) is 5.73 Å². The van der Waals surface area contributed by atoms with E-state index in [0.29, 0.717) is 6.42 Å². The van der Waals surface area contributed by atoms with E-state index in [9.17, 15) is 4.79 Å². The van der Waals surface area contributed by atoms with Gasteiger partial charge in [0.25, 0.3) is 0 Å². The third kappa shape index (κ3) is 1.42. The lowest BCUT2D eigenvalue weighted by Crippen LogP contribution is -2.33. The second-order valence-corrected chi connectivity index (χ2v) is 4.37. The van der Waals surface area contributed by atoms with Gasteiger partial charge in [0, 0.05) is 11.3 Å². The molecule has 0 saturated heterocycles. The average Bonchev–Trinajstić information content (AvgIpc) is 2.63. The number of Topliss-reactive ketones (excluding diaryl/α,β-unsaturated/α-hetero) is 1. The highest BCUT2D eigenvalue weighted by molar-refractivity contribution is 7.10. The highest BCUT2D eigenvalue weighted by Gasteiger charge is 2.45. The number of carbonyl (C=O) groups excluding carboxylic acids is 1. The lowest BCUT2D eigenvalue weighted by Gasteiger charge is -2.04. The molecule has 0 bridgehead atoms. The van der Waals surface area contributed by atoms with Crippen molar-refractivity contribution in [1.82, 2.24) is 0 Å². The molecule has 1 fully saturated rings. The third-order valence-electron chi connectivity index (χ3n) is 2.26. The van der Waals surface area contributed by atoms with E-state index in [0.717, 1.165) is 17.7 Å². The molecule has 64 valence electrons. The van der Waals surface area contributed by atoms with Crippen LogP contribution in [0.15, 0.2) is 17.5 Å². The van der Waals surface area contributed by atoms with Crippen LogP contribution in [0.5, 0.6) is 0 Å². The topological polar surface area (TPSA) is 43.1 Å². The molecule has 0 amide bonds. The molecule has 3 heteroatoms. The number of carbonyl (C=O) groups is 1. The molecule has 1 aromatic rings. The minimum absolute atomic E-state index is 0.199. The molecule has 1 saturated carbocycles. The Balaban J connectivity index is 2.00. The minimum Gasteiger partial charge on any atom is -0.319 e. The molecule has 2 nitrogen and oxygen atoms in total. The van der Waals surface area contributed by atoms with Crippen molar-refractivity contribution < 1.29 is 4.79 Å². The molecular formula is C9H11NOS. The molecule has 0 spiro atoms. The zero-order valence-corrected chi connectivity index (χ0v) is 7.56. The highest BCUT2D eigenvalue weighted by Crippen LogP contribution is 2.34. The van der Waals surface area contributed by atoms with E-state index in [2.05, 4.69) is 0 Å². The van der Waals surface area contributed by atoms with Gasteiger partial charge in [-0.3, -0.25) is 4.79 Å². The van der Waals surface area contributed by atoms with Gasteiger partial charge in [0.05, 0.1) is 5.54 Å². The smallest absolute Gasteiger partial charge is 0.157 e. The van der Waals surface area contributed by atoms with Gasteiger partial charge in [0.15, 0.2) is 5.78 Å². The molecule has 12 heavy (non-hydrogen) atoms. The summed E-state index contributed by atoms with van der Waals surface area (Å²) >= 11 is 1.62. The van der Waals surface area contributed by atoms with Crippen molar-refractivity contribution in [3.05, 3.63) is 22.4 Å². The molecule has 2 rings (SSSR count). The van der Waals surface area contributed by atoms with Gasteiger partial charge in [-0.1, -0.05) is 6.07 Å². The molecule has 1 heterocycles. The molecular weight excluding hydrogens is 170 g/mol. The van der Waals surface area contributed by atoms with Gasteiger partial charge in [0.2, 0.25) is 0 Å². The summed E-state index contributed by atoms with van der Waals surface area (Å²) in [5.74, 6) is 0.199. The fourth-order valence-electron chi connectivity index (χ4n) is 1.16. The van der Waals surface area contributed by atoms with E-state index in [-0.39, 0.29) is 5.78 Å². The van der Waals surface area contributed by atoms with Crippen LogP contribution < -0.4 is 5.73 Å². The van der Waals surface area contributed by atoms with Crippen LogP contribution in [0, 0.1) is 0 Å². The molecule has 0 unspecified atom stereocenters. The van der Waals surface area contributed by atoms with E-state index >= 15 is 0 Å². The summed E-state index contributed by atoms with van der Waals surface area (Å²) in [4.78, 5) is 12.6. The summed E-state index contributed by atoms with van der Waals surface area (Å²) < 4.78 is 0. The first kappa shape index (κ1) is 7.95. The number of rotatable bonds is 3. The number of ketones is 1. The zero-order chi connectivity index (χ0) is 8.60. The minimum atomic E-state index is -0.454. The van der Waals surface area contributed by atoms with Gasteiger partial charge >= 0.3 is 0 Å². The van der Waals surface area contributed by atoms with E-state index in [1.165, 1.54) is 0 Å². The summed E-state index contributed by atoms with van der Waals surface area (Å²) in [5.41, 5.74) is 5.31. The van der Waals surface area contributed by atoms with Gasteiger partial charge in [0.1, 0.15) is 0 Å². The predicted molar refractivity (Wildman–Crippen MR) is 49.2 cm³/mol. The number of hydrogen-bond donors (Lipinski definition) is 1. The normalized spacial score (nSPS) is 19.1. The Labute approximate surface area is 75.4 Å². The molecule has 0 aliphatic heterocycles. The van der Waals surface area contributed by atoms with Gasteiger partial charge in [-0.05, 0) is 24.3 Å². The molecule has 2 N–H and O–H groups in total. The Morgan fingerprint density at radius 2 is 2.42 bits per heavy atom. The summed E-state index contributed by atoms with van der Waals surface area (Å²) in [6.07, 6.45) is 2.27. The quantitative estimate of drug-likeness (QED) is 0.765. The first-order valence-electron chi connectivity index (χ1n) is 4.05. The first-order chi connectivity index (χ1) is 5.71. The van der Waals surface area contributed by atoms with Crippen LogP contribution in [-0.2, 0) is 11.2 Å². The Kier molecular flexibility index (Phi) is 1.77. The summed E-state index contributed by atoms with van der Waals surface area (Å²) in [7, 11) is 0. The van der Waals surface area contributed by atoms with Crippen molar-refractivity contribution in [2.24, 2.45) is 5.73 Å². The van der Waals surface area contributed by atoms with Crippen LogP contribution in [-0.4, -0.2) is 11.3 Å². The van der Waals surface area contributed by atoms with Gasteiger partial charge in [-0.2, -0.15) is 0 Å². The van der Waals surface area contributed by atoms with E-state index < -0.39 is 5.54 Å². The van der Waals surface area contributed by atoms with Crippen LogP contribution in [0.3, 0.4) is 0 Å². The fraction of sp³-hybridized carbons (Fsp3) is 0.444. The van der Waals surface area contributed by atoms with Crippen LogP contribution in [0.4, 0.5) is 0 Å². The largest absolute Gasteiger partial charge is 0.319 e. The first-order valence-corrected chi connectivity index (χ1v) is 4.93. The number of hydrogen-bond acceptors (Lipinski definition) is 3. The molecule has 1 aliphatic rings. The van der Waals surface area contributed by atoms with Gasteiger partial charge < -0.3 is 5.73 Å². The molecule has 0 aromatic carbocycles. The third-order valence-corrected chi connectivity index (χ3v) is 3.14. The Bertz CT molecular complexity index is 287.